The lowest BCUT2D eigenvalue weighted by molar-refractivity contribution is -0.136. The summed E-state index contributed by atoms with van der Waals surface area (Å²) in [6.07, 6.45) is -0.695. The van der Waals surface area contributed by atoms with Crippen molar-refractivity contribution in [3.05, 3.63) is 24.3 Å². The van der Waals surface area contributed by atoms with Crippen LogP contribution in [0.3, 0.4) is 0 Å². The fraction of sp³-hybridized carbons (Fsp3) is 0.467. The first-order valence-corrected chi connectivity index (χ1v) is 6.88. The highest BCUT2D eigenvalue weighted by atomic mass is 16.5. The van der Waals surface area contributed by atoms with E-state index in [2.05, 4.69) is 24.5 Å². The Bertz CT molecular complexity index is 469. The molecule has 0 saturated heterocycles. The van der Waals surface area contributed by atoms with Crippen LogP contribution in [0.2, 0.25) is 0 Å². The first-order valence-electron chi connectivity index (χ1n) is 6.88. The molecule has 21 heavy (non-hydrogen) atoms. The van der Waals surface area contributed by atoms with E-state index in [1.807, 2.05) is 0 Å². The molecule has 0 unspecified atom stereocenters. The fourth-order valence-electron chi connectivity index (χ4n) is 1.41. The van der Waals surface area contributed by atoms with Crippen molar-refractivity contribution in [1.82, 2.24) is 5.32 Å². The van der Waals surface area contributed by atoms with Crippen LogP contribution in [0, 0.1) is 5.92 Å². The second kappa shape index (κ2) is 8.26. The van der Waals surface area contributed by atoms with Gasteiger partial charge in [-0.2, -0.15) is 0 Å². The van der Waals surface area contributed by atoms with Crippen LogP contribution < -0.4 is 15.4 Å². The highest BCUT2D eigenvalue weighted by molar-refractivity contribution is 6.39. The first-order chi connectivity index (χ1) is 9.88. The minimum Gasteiger partial charge on any atom is -0.493 e. The maximum Gasteiger partial charge on any atom is 0.313 e. The number of hydrogen-bond acceptors (Lipinski definition) is 4. The van der Waals surface area contributed by atoms with E-state index in [4.69, 9.17) is 9.84 Å². The molecule has 0 aliphatic heterocycles. The molecule has 0 aliphatic carbocycles. The highest BCUT2D eigenvalue weighted by Gasteiger charge is 2.13. The molecule has 6 heteroatoms. The minimum atomic E-state index is -0.781. The van der Waals surface area contributed by atoms with Crippen molar-refractivity contribution in [2.45, 2.75) is 26.9 Å². The number of aliphatic hydroxyl groups is 1. The Kier molecular flexibility index (Phi) is 6.68. The van der Waals surface area contributed by atoms with E-state index in [1.165, 1.54) is 6.92 Å². The van der Waals surface area contributed by atoms with E-state index in [0.29, 0.717) is 24.0 Å². The van der Waals surface area contributed by atoms with Crippen molar-refractivity contribution in [3.63, 3.8) is 0 Å². The van der Waals surface area contributed by atoms with E-state index in [9.17, 15) is 9.59 Å². The largest absolute Gasteiger partial charge is 0.493 e. The van der Waals surface area contributed by atoms with Gasteiger partial charge in [-0.05, 0) is 37.1 Å². The molecule has 0 saturated carbocycles. The SMILES string of the molecule is CC(C)COc1ccc(NC(=O)C(=O)NC[C@H](C)O)cc1. The normalized spacial score (nSPS) is 11.9. The van der Waals surface area contributed by atoms with Crippen LogP contribution in [0.15, 0.2) is 24.3 Å². The summed E-state index contributed by atoms with van der Waals surface area (Å²) >= 11 is 0. The van der Waals surface area contributed by atoms with Crippen molar-refractivity contribution in [1.29, 1.82) is 0 Å². The predicted molar refractivity (Wildman–Crippen MR) is 80.1 cm³/mol. The summed E-state index contributed by atoms with van der Waals surface area (Å²) in [4.78, 5) is 23.0. The average Bonchev–Trinajstić information content (AvgIpc) is 2.43. The molecule has 0 radical (unpaired) electrons. The van der Waals surface area contributed by atoms with Gasteiger partial charge in [0.2, 0.25) is 0 Å². The third kappa shape index (κ3) is 6.76. The van der Waals surface area contributed by atoms with Crippen LogP contribution in [-0.2, 0) is 9.59 Å². The highest BCUT2D eigenvalue weighted by Crippen LogP contribution is 2.16. The summed E-state index contributed by atoms with van der Waals surface area (Å²) in [6, 6.07) is 6.78. The number of ether oxygens (including phenoxy) is 1. The maximum atomic E-state index is 11.6. The van der Waals surface area contributed by atoms with Crippen LogP contribution in [-0.4, -0.2) is 36.2 Å². The molecule has 1 aromatic carbocycles. The molecule has 116 valence electrons. The second-order valence-electron chi connectivity index (χ2n) is 5.24. The summed E-state index contributed by atoms with van der Waals surface area (Å²) < 4.78 is 5.52. The summed E-state index contributed by atoms with van der Waals surface area (Å²) in [5.74, 6) is -0.412. The van der Waals surface area contributed by atoms with Gasteiger partial charge in [0.25, 0.3) is 0 Å². The Balaban J connectivity index is 2.47. The van der Waals surface area contributed by atoms with Gasteiger partial charge >= 0.3 is 11.8 Å². The molecule has 0 bridgehead atoms. The van der Waals surface area contributed by atoms with E-state index in [1.54, 1.807) is 24.3 Å². The molecular formula is C15H22N2O4. The molecule has 0 fully saturated rings. The van der Waals surface area contributed by atoms with Crippen molar-refractivity contribution in [2.75, 3.05) is 18.5 Å². The zero-order valence-electron chi connectivity index (χ0n) is 12.6. The minimum absolute atomic E-state index is 0.0359. The summed E-state index contributed by atoms with van der Waals surface area (Å²) in [6.45, 7) is 6.29. The zero-order chi connectivity index (χ0) is 15.8. The van der Waals surface area contributed by atoms with E-state index in [0.717, 1.165) is 0 Å². The predicted octanol–water partition coefficient (Wildman–Crippen LogP) is 1.16. The number of aliphatic hydroxyl groups excluding tert-OH is 1. The van der Waals surface area contributed by atoms with Gasteiger partial charge < -0.3 is 20.5 Å². The molecule has 0 heterocycles. The third-order valence-corrected chi connectivity index (χ3v) is 2.46. The number of benzene rings is 1. The smallest absolute Gasteiger partial charge is 0.313 e. The van der Waals surface area contributed by atoms with Gasteiger partial charge in [0.05, 0.1) is 12.7 Å². The van der Waals surface area contributed by atoms with Crippen molar-refractivity contribution < 1.29 is 19.4 Å². The van der Waals surface area contributed by atoms with Crippen LogP contribution in [0.25, 0.3) is 0 Å². The topological polar surface area (TPSA) is 87.7 Å². The van der Waals surface area contributed by atoms with Gasteiger partial charge in [-0.3, -0.25) is 9.59 Å². The third-order valence-electron chi connectivity index (χ3n) is 2.46. The lowest BCUT2D eigenvalue weighted by Crippen LogP contribution is -2.38. The standard InChI is InChI=1S/C15H22N2O4/c1-10(2)9-21-13-6-4-12(5-7-13)17-15(20)14(19)16-8-11(3)18/h4-7,10-11,18H,8-9H2,1-3H3,(H,16,19)(H,17,20)/t11-/m0/s1. The number of carbonyl (C=O) groups excluding carboxylic acids is 2. The van der Waals surface area contributed by atoms with E-state index in [-0.39, 0.29) is 6.54 Å². The molecule has 0 aromatic heterocycles. The van der Waals surface area contributed by atoms with Gasteiger partial charge in [-0.15, -0.1) is 0 Å². The fourth-order valence-corrected chi connectivity index (χ4v) is 1.41. The van der Waals surface area contributed by atoms with Crippen LogP contribution in [0.1, 0.15) is 20.8 Å². The second-order valence-corrected chi connectivity index (χ2v) is 5.24. The molecule has 1 aromatic rings. The first kappa shape index (κ1) is 17.0. The Hall–Kier alpha value is -2.08. The van der Waals surface area contributed by atoms with E-state index < -0.39 is 17.9 Å². The summed E-state index contributed by atoms with van der Waals surface area (Å²) in [5, 5.41) is 13.8. The Morgan fingerprint density at radius 2 is 1.76 bits per heavy atom. The van der Waals surface area contributed by atoms with Crippen molar-refractivity contribution in [3.8, 4) is 5.75 Å². The monoisotopic (exact) mass is 294 g/mol. The Labute approximate surface area is 124 Å². The molecule has 0 spiro atoms. The molecule has 3 N–H and O–H groups in total. The number of nitrogens with one attached hydrogen (secondary N) is 2. The molecule has 0 aliphatic rings. The summed E-state index contributed by atoms with van der Waals surface area (Å²) in [5.41, 5.74) is 0.504. The van der Waals surface area contributed by atoms with Crippen LogP contribution >= 0.6 is 0 Å². The maximum absolute atomic E-state index is 11.6. The molecule has 1 rings (SSSR count). The molecular weight excluding hydrogens is 272 g/mol. The van der Waals surface area contributed by atoms with E-state index >= 15 is 0 Å². The quantitative estimate of drug-likeness (QED) is 0.687. The van der Waals surface area contributed by atoms with Crippen molar-refractivity contribution in [2.24, 2.45) is 5.92 Å². The van der Waals surface area contributed by atoms with Crippen LogP contribution in [0.5, 0.6) is 5.75 Å². The number of hydrogen-bond donors (Lipinski definition) is 3. The van der Waals surface area contributed by atoms with Gasteiger partial charge in [-0.1, -0.05) is 13.8 Å². The number of rotatable bonds is 6. The average molecular weight is 294 g/mol. The lowest BCUT2D eigenvalue weighted by atomic mass is 10.2. The molecule has 2 amide bonds. The Morgan fingerprint density at radius 3 is 2.29 bits per heavy atom. The van der Waals surface area contributed by atoms with Gasteiger partial charge in [0.1, 0.15) is 5.75 Å². The van der Waals surface area contributed by atoms with Crippen molar-refractivity contribution >= 4 is 17.5 Å². The number of anilines is 1. The van der Waals surface area contributed by atoms with Gasteiger partial charge in [0, 0.05) is 12.2 Å². The Morgan fingerprint density at radius 1 is 1.14 bits per heavy atom. The lowest BCUT2D eigenvalue weighted by Gasteiger charge is -2.10. The summed E-state index contributed by atoms with van der Waals surface area (Å²) in [7, 11) is 0. The number of carbonyl (C=O) groups is 2. The number of amides is 2. The zero-order valence-corrected chi connectivity index (χ0v) is 12.6. The molecule has 1 atom stereocenters. The van der Waals surface area contributed by atoms with Crippen LogP contribution in [0.4, 0.5) is 5.69 Å². The van der Waals surface area contributed by atoms with Gasteiger partial charge in [0.15, 0.2) is 0 Å². The molecule has 6 nitrogen and oxygen atoms in total. The van der Waals surface area contributed by atoms with Gasteiger partial charge in [-0.25, -0.2) is 0 Å².